The summed E-state index contributed by atoms with van der Waals surface area (Å²) in [5, 5.41) is 0. The standard InChI is InChI=1S/C22H32O5/c1-7-20(5)11-14(24)16-21(6,27-20)18(26-13(2)23)15-17-19(3,4)9-8-10-22(16,17)12-25-15/h7,15-18H,1,8-12H2,2-6H3/t15-,16-,17-,18-,20-,21-,22-/m0/s1. The van der Waals surface area contributed by atoms with E-state index in [1.807, 2.05) is 13.8 Å². The molecule has 0 unspecified atom stereocenters. The van der Waals surface area contributed by atoms with Crippen LogP contribution in [0, 0.1) is 22.7 Å². The number of esters is 1. The van der Waals surface area contributed by atoms with Crippen LogP contribution < -0.4 is 0 Å². The molecule has 0 aromatic heterocycles. The van der Waals surface area contributed by atoms with E-state index in [1.54, 1.807) is 6.08 Å². The molecule has 2 saturated carbocycles. The van der Waals surface area contributed by atoms with Gasteiger partial charge in [0, 0.05) is 24.7 Å². The maximum atomic E-state index is 13.6. The second-order valence-electron chi connectivity index (χ2n) is 10.2. The van der Waals surface area contributed by atoms with E-state index in [-0.39, 0.29) is 40.5 Å². The highest BCUT2D eigenvalue weighted by molar-refractivity contribution is 5.86. The third-order valence-electron chi connectivity index (χ3n) is 7.83. The van der Waals surface area contributed by atoms with Gasteiger partial charge in [0.25, 0.3) is 0 Å². The minimum absolute atomic E-state index is 0.0264. The summed E-state index contributed by atoms with van der Waals surface area (Å²) in [6.45, 7) is 14.2. The first kappa shape index (κ1) is 19.1. The third-order valence-corrected chi connectivity index (χ3v) is 7.83. The van der Waals surface area contributed by atoms with Crippen LogP contribution in [0.4, 0.5) is 0 Å². The van der Waals surface area contributed by atoms with E-state index in [4.69, 9.17) is 14.2 Å². The van der Waals surface area contributed by atoms with Crippen LogP contribution in [-0.2, 0) is 23.8 Å². The molecule has 4 rings (SSSR count). The number of ether oxygens (including phenoxy) is 3. The number of ketones is 1. The summed E-state index contributed by atoms with van der Waals surface area (Å²) < 4.78 is 18.8. The van der Waals surface area contributed by atoms with E-state index < -0.39 is 17.3 Å². The highest BCUT2D eigenvalue weighted by atomic mass is 16.6. The summed E-state index contributed by atoms with van der Waals surface area (Å²) in [6, 6.07) is 0. The monoisotopic (exact) mass is 376 g/mol. The van der Waals surface area contributed by atoms with Crippen molar-refractivity contribution in [3.8, 4) is 0 Å². The first-order chi connectivity index (χ1) is 12.5. The highest BCUT2D eigenvalue weighted by Crippen LogP contribution is 2.68. The van der Waals surface area contributed by atoms with Crippen molar-refractivity contribution in [1.29, 1.82) is 0 Å². The Morgan fingerprint density at radius 1 is 1.26 bits per heavy atom. The van der Waals surface area contributed by atoms with Crippen LogP contribution in [0.25, 0.3) is 0 Å². The van der Waals surface area contributed by atoms with Crippen molar-refractivity contribution in [3.05, 3.63) is 12.7 Å². The summed E-state index contributed by atoms with van der Waals surface area (Å²) >= 11 is 0. The van der Waals surface area contributed by atoms with Gasteiger partial charge in [-0.25, -0.2) is 0 Å². The summed E-state index contributed by atoms with van der Waals surface area (Å²) in [5.74, 6) is -0.319. The van der Waals surface area contributed by atoms with Gasteiger partial charge in [-0.15, -0.1) is 6.58 Å². The molecule has 27 heavy (non-hydrogen) atoms. The van der Waals surface area contributed by atoms with Gasteiger partial charge in [-0.3, -0.25) is 9.59 Å². The Labute approximate surface area is 161 Å². The predicted molar refractivity (Wildman–Crippen MR) is 100 cm³/mol. The lowest BCUT2D eigenvalue weighted by Crippen LogP contribution is -2.74. The number of fused-ring (bicyclic) bond motifs is 1. The van der Waals surface area contributed by atoms with Gasteiger partial charge in [0.05, 0.1) is 18.1 Å². The van der Waals surface area contributed by atoms with Gasteiger partial charge in [-0.05, 0) is 32.1 Å². The average Bonchev–Trinajstić information content (AvgIpc) is 2.88. The zero-order valence-electron chi connectivity index (χ0n) is 17.2. The number of Topliss-reactive ketones (excluding diaryl/α,β-unsaturated/α-hetero) is 1. The van der Waals surface area contributed by atoms with Crippen LogP contribution in [0.2, 0.25) is 0 Å². The van der Waals surface area contributed by atoms with Crippen molar-refractivity contribution in [2.24, 2.45) is 22.7 Å². The molecule has 2 aliphatic heterocycles. The van der Waals surface area contributed by atoms with Gasteiger partial charge < -0.3 is 14.2 Å². The lowest BCUT2D eigenvalue weighted by atomic mass is 9.43. The topological polar surface area (TPSA) is 61.8 Å². The van der Waals surface area contributed by atoms with Crippen molar-refractivity contribution < 1.29 is 23.8 Å². The molecule has 0 radical (unpaired) electrons. The van der Waals surface area contributed by atoms with E-state index in [9.17, 15) is 9.59 Å². The lowest BCUT2D eigenvalue weighted by molar-refractivity contribution is -0.280. The molecule has 2 saturated heterocycles. The molecule has 0 amide bonds. The van der Waals surface area contributed by atoms with E-state index >= 15 is 0 Å². The van der Waals surface area contributed by atoms with Crippen molar-refractivity contribution in [3.63, 3.8) is 0 Å². The Hall–Kier alpha value is -1.20. The zero-order chi connectivity index (χ0) is 19.8. The molecular formula is C22H32O5. The Morgan fingerprint density at radius 2 is 1.96 bits per heavy atom. The van der Waals surface area contributed by atoms with E-state index in [2.05, 4.69) is 20.4 Å². The van der Waals surface area contributed by atoms with Crippen LogP contribution in [0.1, 0.15) is 60.3 Å². The van der Waals surface area contributed by atoms with Gasteiger partial charge in [-0.2, -0.15) is 0 Å². The number of hydrogen-bond donors (Lipinski definition) is 0. The molecule has 5 nitrogen and oxygen atoms in total. The number of carbonyl (C=O) groups is 2. The summed E-state index contributed by atoms with van der Waals surface area (Å²) in [5.41, 5.74) is -1.88. The van der Waals surface area contributed by atoms with Crippen LogP contribution in [0.15, 0.2) is 12.7 Å². The molecule has 2 bridgehead atoms. The van der Waals surface area contributed by atoms with Crippen LogP contribution in [0.5, 0.6) is 0 Å². The lowest BCUT2D eigenvalue weighted by Gasteiger charge is -2.64. The number of hydrogen-bond acceptors (Lipinski definition) is 5. The molecule has 2 heterocycles. The molecule has 0 N–H and O–H groups in total. The van der Waals surface area contributed by atoms with Crippen molar-refractivity contribution in [2.75, 3.05) is 6.61 Å². The normalized spacial score (nSPS) is 50.5. The van der Waals surface area contributed by atoms with Gasteiger partial charge >= 0.3 is 5.97 Å². The van der Waals surface area contributed by atoms with Crippen molar-refractivity contribution in [2.45, 2.75) is 83.7 Å². The maximum absolute atomic E-state index is 13.6. The first-order valence-electron chi connectivity index (χ1n) is 10.1. The Morgan fingerprint density at radius 3 is 2.59 bits per heavy atom. The summed E-state index contributed by atoms with van der Waals surface area (Å²) in [4.78, 5) is 25.6. The van der Waals surface area contributed by atoms with Gasteiger partial charge in [-0.1, -0.05) is 26.3 Å². The van der Waals surface area contributed by atoms with Crippen molar-refractivity contribution >= 4 is 11.8 Å². The fourth-order valence-corrected chi connectivity index (χ4v) is 7.19. The number of rotatable bonds is 2. The molecule has 0 aromatic carbocycles. The van der Waals surface area contributed by atoms with E-state index in [0.717, 1.165) is 19.3 Å². The average molecular weight is 376 g/mol. The molecule has 5 heteroatoms. The maximum Gasteiger partial charge on any atom is 0.303 e. The fraction of sp³-hybridized carbons (Fsp3) is 0.818. The van der Waals surface area contributed by atoms with E-state index in [1.165, 1.54) is 6.92 Å². The summed E-state index contributed by atoms with van der Waals surface area (Å²) in [7, 11) is 0. The summed E-state index contributed by atoms with van der Waals surface area (Å²) in [6.07, 6.45) is 4.31. The van der Waals surface area contributed by atoms with Crippen LogP contribution >= 0.6 is 0 Å². The Bertz CT molecular complexity index is 699. The molecule has 0 aromatic rings. The number of carbonyl (C=O) groups excluding carboxylic acids is 2. The smallest absolute Gasteiger partial charge is 0.303 e. The van der Waals surface area contributed by atoms with Crippen LogP contribution in [0.3, 0.4) is 0 Å². The Balaban J connectivity index is 1.90. The highest BCUT2D eigenvalue weighted by Gasteiger charge is 2.76. The molecule has 2 aliphatic carbocycles. The minimum Gasteiger partial charge on any atom is -0.457 e. The van der Waals surface area contributed by atoms with E-state index in [0.29, 0.717) is 13.0 Å². The quantitative estimate of drug-likeness (QED) is 0.546. The molecular weight excluding hydrogens is 344 g/mol. The molecule has 4 fully saturated rings. The fourth-order valence-electron chi connectivity index (χ4n) is 7.19. The Kier molecular flexibility index (Phi) is 4.01. The predicted octanol–water partition coefficient (Wildman–Crippen LogP) is 3.45. The molecule has 4 aliphatic rings. The van der Waals surface area contributed by atoms with Crippen LogP contribution in [-0.4, -0.2) is 41.8 Å². The third kappa shape index (κ3) is 2.43. The van der Waals surface area contributed by atoms with Crippen molar-refractivity contribution in [1.82, 2.24) is 0 Å². The molecule has 7 atom stereocenters. The zero-order valence-corrected chi connectivity index (χ0v) is 17.2. The largest absolute Gasteiger partial charge is 0.457 e. The molecule has 0 spiro atoms. The van der Waals surface area contributed by atoms with Gasteiger partial charge in [0.1, 0.15) is 17.5 Å². The van der Waals surface area contributed by atoms with Gasteiger partial charge in [0.2, 0.25) is 0 Å². The second kappa shape index (κ2) is 5.66. The SMILES string of the molecule is C=C[C@@]1(C)CC(=O)[C@@H]2[C@@]34CCCC(C)(C)[C@@H]3[C@H](OC4)[C@H](OC(C)=O)[C@@]2(C)O1. The minimum atomic E-state index is -0.908. The van der Waals surface area contributed by atoms with Gasteiger partial charge in [0.15, 0.2) is 6.10 Å². The second-order valence-corrected chi connectivity index (χ2v) is 10.2. The first-order valence-corrected chi connectivity index (χ1v) is 10.1. The molecule has 150 valence electrons.